The molecule has 0 amide bonds. The molecule has 0 unspecified atom stereocenters. The van der Waals surface area contributed by atoms with Crippen LogP contribution in [0.5, 0.6) is 5.75 Å². The molecule has 0 saturated heterocycles. The van der Waals surface area contributed by atoms with Gasteiger partial charge < -0.3 is 14.2 Å². The van der Waals surface area contributed by atoms with Gasteiger partial charge in [-0.05, 0) is 30.5 Å². The van der Waals surface area contributed by atoms with Gasteiger partial charge in [0, 0.05) is 19.1 Å². The lowest BCUT2D eigenvalue weighted by Gasteiger charge is -2.14. The molecule has 0 aliphatic heterocycles. The summed E-state index contributed by atoms with van der Waals surface area (Å²) in [5.41, 5.74) is 0. The van der Waals surface area contributed by atoms with Crippen molar-refractivity contribution in [3.8, 4) is 5.75 Å². The van der Waals surface area contributed by atoms with Crippen molar-refractivity contribution in [2.24, 2.45) is 0 Å². The van der Waals surface area contributed by atoms with Crippen molar-refractivity contribution >= 4 is 11.8 Å². The highest BCUT2D eigenvalue weighted by Crippen LogP contribution is 2.19. The minimum Gasteiger partial charge on any atom is -0.488 e. The highest BCUT2D eigenvalue weighted by Gasteiger charge is 2.05. The van der Waals surface area contributed by atoms with E-state index in [1.807, 2.05) is 30.5 Å². The third-order valence-corrected chi connectivity index (χ3v) is 2.71. The summed E-state index contributed by atoms with van der Waals surface area (Å²) in [5.74, 6) is 0.826. The van der Waals surface area contributed by atoms with Crippen LogP contribution in [0.25, 0.3) is 0 Å². The van der Waals surface area contributed by atoms with Crippen LogP contribution < -0.4 is 4.74 Å². The summed E-state index contributed by atoms with van der Waals surface area (Å²) >= 11 is 1.71. The fourth-order valence-electron chi connectivity index (χ4n) is 1.07. The van der Waals surface area contributed by atoms with Gasteiger partial charge in [-0.2, -0.15) is 0 Å². The number of hydrogen-bond acceptors (Lipinski definition) is 4. The van der Waals surface area contributed by atoms with Crippen molar-refractivity contribution in [1.29, 1.82) is 0 Å². The summed E-state index contributed by atoms with van der Waals surface area (Å²) in [5, 5.41) is 0. The second-order valence-electron chi connectivity index (χ2n) is 2.89. The highest BCUT2D eigenvalue weighted by molar-refractivity contribution is 7.98. The van der Waals surface area contributed by atoms with Gasteiger partial charge in [0.25, 0.3) is 0 Å². The van der Waals surface area contributed by atoms with Crippen LogP contribution in [0, 0.1) is 0 Å². The molecule has 0 radical (unpaired) electrons. The predicted molar refractivity (Wildman–Crippen MR) is 61.5 cm³/mol. The molecule has 1 rings (SSSR count). The number of methoxy groups -OCH3 is 2. The third-order valence-electron chi connectivity index (χ3n) is 1.97. The quantitative estimate of drug-likeness (QED) is 0.552. The van der Waals surface area contributed by atoms with Crippen molar-refractivity contribution in [2.75, 3.05) is 27.1 Å². The van der Waals surface area contributed by atoms with Gasteiger partial charge >= 0.3 is 0 Å². The van der Waals surface area contributed by atoms with Crippen LogP contribution in [0.15, 0.2) is 29.2 Å². The minimum atomic E-state index is -0.315. The first-order chi connectivity index (χ1) is 7.30. The Morgan fingerprint density at radius 1 is 1.13 bits per heavy atom. The Kier molecular flexibility index (Phi) is 5.53. The minimum absolute atomic E-state index is 0.315. The molecule has 1 aromatic carbocycles. The summed E-state index contributed by atoms with van der Waals surface area (Å²) in [7, 11) is 3.18. The van der Waals surface area contributed by atoms with Crippen molar-refractivity contribution in [1.82, 2.24) is 0 Å². The molecule has 0 saturated carbocycles. The van der Waals surface area contributed by atoms with E-state index in [0.717, 1.165) is 5.75 Å². The average Bonchev–Trinajstić information content (AvgIpc) is 2.31. The Balaban J connectivity index is 2.43. The summed E-state index contributed by atoms with van der Waals surface area (Å²) < 4.78 is 15.5. The van der Waals surface area contributed by atoms with Gasteiger partial charge in [0.15, 0.2) is 6.29 Å². The molecule has 0 spiro atoms. The third kappa shape index (κ3) is 4.11. The van der Waals surface area contributed by atoms with Crippen LogP contribution in [-0.2, 0) is 9.47 Å². The second-order valence-corrected chi connectivity index (χ2v) is 3.77. The van der Waals surface area contributed by atoms with Crippen molar-refractivity contribution in [2.45, 2.75) is 11.2 Å². The van der Waals surface area contributed by atoms with Gasteiger partial charge in [-0.15, -0.1) is 11.8 Å². The van der Waals surface area contributed by atoms with E-state index in [-0.39, 0.29) is 6.29 Å². The van der Waals surface area contributed by atoms with E-state index in [0.29, 0.717) is 6.61 Å². The number of benzene rings is 1. The highest BCUT2D eigenvalue weighted by atomic mass is 32.2. The van der Waals surface area contributed by atoms with Gasteiger partial charge in [-0.1, -0.05) is 0 Å². The van der Waals surface area contributed by atoms with E-state index < -0.39 is 0 Å². The van der Waals surface area contributed by atoms with Gasteiger partial charge in [0.2, 0.25) is 0 Å². The standard InChI is InChI=1S/C11H16O3S/c1-12-11(13-2)8-14-9-4-6-10(15-3)7-5-9/h4-7,11H,8H2,1-3H3. The lowest BCUT2D eigenvalue weighted by atomic mass is 10.3. The smallest absolute Gasteiger partial charge is 0.191 e. The fraction of sp³-hybridized carbons (Fsp3) is 0.455. The summed E-state index contributed by atoms with van der Waals surface area (Å²) in [6, 6.07) is 7.92. The van der Waals surface area contributed by atoms with Crippen LogP contribution in [-0.4, -0.2) is 33.4 Å². The van der Waals surface area contributed by atoms with Crippen LogP contribution in [0.2, 0.25) is 0 Å². The van der Waals surface area contributed by atoms with Crippen LogP contribution in [0.4, 0.5) is 0 Å². The average molecular weight is 228 g/mol. The van der Waals surface area contributed by atoms with Gasteiger partial charge in [0.1, 0.15) is 12.4 Å². The molecule has 84 valence electrons. The first-order valence-corrected chi connectivity index (χ1v) is 5.85. The zero-order chi connectivity index (χ0) is 11.1. The summed E-state index contributed by atoms with van der Waals surface area (Å²) in [6.07, 6.45) is 1.73. The Morgan fingerprint density at radius 2 is 1.73 bits per heavy atom. The molecular formula is C11H16O3S. The maximum Gasteiger partial charge on any atom is 0.191 e. The molecule has 0 heterocycles. The largest absolute Gasteiger partial charge is 0.488 e. The molecule has 0 aromatic heterocycles. The number of hydrogen-bond donors (Lipinski definition) is 0. The fourth-order valence-corrected chi connectivity index (χ4v) is 1.48. The lowest BCUT2D eigenvalue weighted by molar-refractivity contribution is -0.121. The molecule has 0 atom stereocenters. The molecule has 0 aliphatic rings. The zero-order valence-electron chi connectivity index (χ0n) is 9.23. The van der Waals surface area contributed by atoms with E-state index in [9.17, 15) is 0 Å². The molecular weight excluding hydrogens is 212 g/mol. The number of ether oxygens (including phenoxy) is 3. The Labute approximate surface area is 94.7 Å². The van der Waals surface area contributed by atoms with Crippen LogP contribution in [0.1, 0.15) is 0 Å². The lowest BCUT2D eigenvalue weighted by Crippen LogP contribution is -2.21. The number of thioether (sulfide) groups is 1. The SMILES string of the molecule is COC(COc1ccc(SC)cc1)OC. The molecule has 3 nitrogen and oxygen atoms in total. The Bertz CT molecular complexity index is 270. The topological polar surface area (TPSA) is 27.7 Å². The number of rotatable bonds is 6. The molecule has 4 heteroatoms. The van der Waals surface area contributed by atoms with Gasteiger partial charge in [0.05, 0.1) is 0 Å². The van der Waals surface area contributed by atoms with Crippen LogP contribution in [0.3, 0.4) is 0 Å². The second kappa shape index (κ2) is 6.71. The Morgan fingerprint density at radius 3 is 2.20 bits per heavy atom. The molecule has 1 aromatic rings. The van der Waals surface area contributed by atoms with Crippen molar-refractivity contribution < 1.29 is 14.2 Å². The molecule has 15 heavy (non-hydrogen) atoms. The van der Waals surface area contributed by atoms with E-state index in [1.165, 1.54) is 4.90 Å². The van der Waals surface area contributed by atoms with Gasteiger partial charge in [-0.3, -0.25) is 0 Å². The maximum absolute atomic E-state index is 5.49. The first-order valence-electron chi connectivity index (χ1n) is 4.62. The zero-order valence-corrected chi connectivity index (χ0v) is 10.0. The van der Waals surface area contributed by atoms with E-state index in [1.54, 1.807) is 26.0 Å². The summed E-state index contributed by atoms with van der Waals surface area (Å²) in [6.45, 7) is 0.394. The van der Waals surface area contributed by atoms with Crippen molar-refractivity contribution in [3.05, 3.63) is 24.3 Å². The normalized spacial score (nSPS) is 10.7. The Hall–Kier alpha value is -0.710. The van der Waals surface area contributed by atoms with Crippen LogP contribution >= 0.6 is 11.8 Å². The maximum atomic E-state index is 5.49. The predicted octanol–water partition coefficient (Wildman–Crippen LogP) is 2.41. The van der Waals surface area contributed by atoms with Crippen molar-refractivity contribution in [3.63, 3.8) is 0 Å². The van der Waals surface area contributed by atoms with E-state index in [4.69, 9.17) is 14.2 Å². The van der Waals surface area contributed by atoms with E-state index >= 15 is 0 Å². The van der Waals surface area contributed by atoms with E-state index in [2.05, 4.69) is 0 Å². The monoisotopic (exact) mass is 228 g/mol. The van der Waals surface area contributed by atoms with Gasteiger partial charge in [-0.25, -0.2) is 0 Å². The molecule has 0 fully saturated rings. The first kappa shape index (κ1) is 12.4. The summed E-state index contributed by atoms with van der Waals surface area (Å²) in [4.78, 5) is 1.22. The molecule has 0 aliphatic carbocycles. The molecule has 0 N–H and O–H groups in total. The molecule has 0 bridgehead atoms.